The van der Waals surface area contributed by atoms with Crippen LogP contribution in [0.2, 0.25) is 0 Å². The SMILES string of the molecule is CN=C(NCc1cnn(C)c1)N1CCC2(CCOC2)C1.I. The van der Waals surface area contributed by atoms with Gasteiger partial charge in [-0.05, 0) is 12.8 Å². The van der Waals surface area contributed by atoms with Gasteiger partial charge in [-0.3, -0.25) is 9.67 Å². The molecular weight excluding hydrogens is 381 g/mol. The number of ether oxygens (including phenoxy) is 1. The Hall–Kier alpha value is -0.830. The molecule has 6 nitrogen and oxygen atoms in total. The van der Waals surface area contributed by atoms with Crippen LogP contribution in [0.15, 0.2) is 17.4 Å². The van der Waals surface area contributed by atoms with Crippen LogP contribution in [-0.2, 0) is 18.3 Å². The number of aliphatic imine (C=N–C) groups is 1. The van der Waals surface area contributed by atoms with Crippen LogP contribution in [0.25, 0.3) is 0 Å². The number of rotatable bonds is 2. The highest BCUT2D eigenvalue weighted by atomic mass is 127. The van der Waals surface area contributed by atoms with Crippen LogP contribution < -0.4 is 5.32 Å². The number of hydrogen-bond acceptors (Lipinski definition) is 3. The fourth-order valence-corrected chi connectivity index (χ4v) is 3.16. The predicted octanol–water partition coefficient (Wildman–Crippen LogP) is 1.23. The van der Waals surface area contributed by atoms with E-state index in [-0.39, 0.29) is 24.0 Å². The molecule has 0 aliphatic carbocycles. The van der Waals surface area contributed by atoms with Gasteiger partial charge in [0.1, 0.15) is 0 Å². The van der Waals surface area contributed by atoms with Crippen molar-refractivity contribution in [3.05, 3.63) is 18.0 Å². The molecule has 1 aromatic rings. The molecule has 7 heteroatoms. The van der Waals surface area contributed by atoms with Crippen molar-refractivity contribution in [3.8, 4) is 0 Å². The molecule has 1 N–H and O–H groups in total. The van der Waals surface area contributed by atoms with E-state index in [9.17, 15) is 0 Å². The Labute approximate surface area is 143 Å². The molecule has 0 radical (unpaired) electrons. The highest BCUT2D eigenvalue weighted by Crippen LogP contribution is 2.38. The summed E-state index contributed by atoms with van der Waals surface area (Å²) in [6.07, 6.45) is 6.30. The molecular formula is C14H24IN5O. The van der Waals surface area contributed by atoms with E-state index in [0.29, 0.717) is 5.41 Å². The average molecular weight is 405 g/mol. The van der Waals surface area contributed by atoms with Crippen molar-refractivity contribution >= 4 is 29.9 Å². The smallest absolute Gasteiger partial charge is 0.193 e. The van der Waals surface area contributed by atoms with Crippen LogP contribution in [0, 0.1) is 5.41 Å². The number of nitrogens with one attached hydrogen (secondary N) is 1. The van der Waals surface area contributed by atoms with Crippen molar-refractivity contribution < 1.29 is 4.74 Å². The maximum Gasteiger partial charge on any atom is 0.193 e. The molecule has 2 aliphatic heterocycles. The van der Waals surface area contributed by atoms with Gasteiger partial charge in [-0.15, -0.1) is 24.0 Å². The van der Waals surface area contributed by atoms with E-state index in [1.807, 2.05) is 31.2 Å². The second kappa shape index (κ2) is 6.95. The maximum atomic E-state index is 5.58. The van der Waals surface area contributed by atoms with Crippen LogP contribution >= 0.6 is 24.0 Å². The van der Waals surface area contributed by atoms with E-state index in [4.69, 9.17) is 4.74 Å². The maximum absolute atomic E-state index is 5.58. The number of nitrogens with zero attached hydrogens (tertiary/aromatic N) is 4. The molecule has 21 heavy (non-hydrogen) atoms. The van der Waals surface area contributed by atoms with Crippen molar-refractivity contribution in [2.24, 2.45) is 17.5 Å². The average Bonchev–Trinajstić information content (AvgIpc) is 3.15. The summed E-state index contributed by atoms with van der Waals surface area (Å²) in [7, 11) is 3.78. The van der Waals surface area contributed by atoms with E-state index >= 15 is 0 Å². The molecule has 0 saturated carbocycles. The number of guanidine groups is 1. The first-order valence-electron chi connectivity index (χ1n) is 7.22. The third-order valence-corrected chi connectivity index (χ3v) is 4.34. The highest BCUT2D eigenvalue weighted by molar-refractivity contribution is 14.0. The van der Waals surface area contributed by atoms with Gasteiger partial charge in [0, 0.05) is 57.5 Å². The van der Waals surface area contributed by atoms with E-state index in [1.54, 1.807) is 0 Å². The fourth-order valence-electron chi connectivity index (χ4n) is 3.16. The van der Waals surface area contributed by atoms with Crippen LogP contribution in [0.4, 0.5) is 0 Å². The molecule has 118 valence electrons. The predicted molar refractivity (Wildman–Crippen MR) is 92.9 cm³/mol. The first-order chi connectivity index (χ1) is 9.71. The van der Waals surface area contributed by atoms with Gasteiger partial charge >= 0.3 is 0 Å². The van der Waals surface area contributed by atoms with Gasteiger partial charge < -0.3 is 15.0 Å². The minimum atomic E-state index is 0. The minimum absolute atomic E-state index is 0. The quantitative estimate of drug-likeness (QED) is 0.457. The van der Waals surface area contributed by atoms with Crippen molar-refractivity contribution in [3.63, 3.8) is 0 Å². The van der Waals surface area contributed by atoms with Crippen molar-refractivity contribution in [2.45, 2.75) is 19.4 Å². The molecule has 0 amide bonds. The van der Waals surface area contributed by atoms with E-state index in [0.717, 1.165) is 38.8 Å². The molecule has 3 rings (SSSR count). The summed E-state index contributed by atoms with van der Waals surface area (Å²) >= 11 is 0. The van der Waals surface area contributed by atoms with E-state index in [2.05, 4.69) is 20.3 Å². The molecule has 2 fully saturated rings. The Balaban J connectivity index is 0.00000161. The third-order valence-electron chi connectivity index (χ3n) is 4.34. The number of likely N-dealkylation sites (tertiary alicyclic amines) is 1. The van der Waals surface area contributed by atoms with Crippen LogP contribution in [0.1, 0.15) is 18.4 Å². The lowest BCUT2D eigenvalue weighted by molar-refractivity contribution is 0.156. The Bertz CT molecular complexity index is 495. The van der Waals surface area contributed by atoms with Crippen molar-refractivity contribution in [1.82, 2.24) is 20.0 Å². The molecule has 3 heterocycles. The van der Waals surface area contributed by atoms with Crippen LogP contribution in [0.5, 0.6) is 0 Å². The Morgan fingerprint density at radius 2 is 2.38 bits per heavy atom. The summed E-state index contributed by atoms with van der Waals surface area (Å²) < 4.78 is 7.40. The zero-order chi connectivity index (χ0) is 14.0. The van der Waals surface area contributed by atoms with Gasteiger partial charge in [0.25, 0.3) is 0 Å². The van der Waals surface area contributed by atoms with Gasteiger partial charge in [-0.25, -0.2) is 0 Å². The molecule has 1 spiro atoms. The van der Waals surface area contributed by atoms with Gasteiger partial charge in [-0.1, -0.05) is 0 Å². The van der Waals surface area contributed by atoms with E-state index in [1.165, 1.54) is 18.4 Å². The summed E-state index contributed by atoms with van der Waals surface area (Å²) in [6, 6.07) is 0. The lowest BCUT2D eigenvalue weighted by Gasteiger charge is -2.24. The zero-order valence-electron chi connectivity index (χ0n) is 12.7. The fraction of sp³-hybridized carbons (Fsp3) is 0.714. The minimum Gasteiger partial charge on any atom is -0.381 e. The first-order valence-corrected chi connectivity index (χ1v) is 7.22. The number of hydrogen-bond donors (Lipinski definition) is 1. The third kappa shape index (κ3) is 3.68. The number of halogens is 1. The molecule has 0 aromatic carbocycles. The van der Waals surface area contributed by atoms with E-state index < -0.39 is 0 Å². The highest BCUT2D eigenvalue weighted by Gasteiger charge is 2.42. The first kappa shape index (κ1) is 16.5. The summed E-state index contributed by atoms with van der Waals surface area (Å²) in [5.41, 5.74) is 1.54. The number of aromatic nitrogens is 2. The molecule has 2 saturated heterocycles. The van der Waals surface area contributed by atoms with Crippen LogP contribution in [-0.4, -0.2) is 54.0 Å². The second-order valence-corrected chi connectivity index (χ2v) is 5.90. The summed E-state index contributed by atoms with van der Waals surface area (Å²) in [6.45, 7) is 4.70. The van der Waals surface area contributed by atoms with Gasteiger partial charge in [-0.2, -0.15) is 5.10 Å². The van der Waals surface area contributed by atoms with Gasteiger partial charge in [0.2, 0.25) is 0 Å². The standard InChI is InChI=1S/C14H23N5O.HI/c1-15-13(16-7-12-8-17-18(2)9-12)19-5-3-14(10-19)4-6-20-11-14;/h8-9H,3-7,10-11H2,1-2H3,(H,15,16);1H. The van der Waals surface area contributed by atoms with Gasteiger partial charge in [0.15, 0.2) is 5.96 Å². The molecule has 1 aromatic heterocycles. The monoisotopic (exact) mass is 405 g/mol. The molecule has 0 bridgehead atoms. The molecule has 1 unspecified atom stereocenters. The van der Waals surface area contributed by atoms with Gasteiger partial charge in [0.05, 0.1) is 12.8 Å². The molecule has 2 aliphatic rings. The largest absolute Gasteiger partial charge is 0.381 e. The molecule has 1 atom stereocenters. The Morgan fingerprint density at radius 3 is 3.00 bits per heavy atom. The summed E-state index contributed by atoms with van der Waals surface area (Å²) in [5, 5.41) is 7.61. The topological polar surface area (TPSA) is 54.7 Å². The Kier molecular flexibility index (Phi) is 5.48. The Morgan fingerprint density at radius 1 is 1.52 bits per heavy atom. The second-order valence-electron chi connectivity index (χ2n) is 5.90. The van der Waals surface area contributed by atoms with Crippen molar-refractivity contribution in [1.29, 1.82) is 0 Å². The van der Waals surface area contributed by atoms with Crippen LogP contribution in [0.3, 0.4) is 0 Å². The lowest BCUT2D eigenvalue weighted by Crippen LogP contribution is -2.41. The zero-order valence-corrected chi connectivity index (χ0v) is 15.0. The normalized spacial score (nSPS) is 25.4. The number of aryl methyl sites for hydroxylation is 1. The lowest BCUT2D eigenvalue weighted by atomic mass is 9.87. The summed E-state index contributed by atoms with van der Waals surface area (Å²) in [4.78, 5) is 6.76. The van der Waals surface area contributed by atoms with Crippen molar-refractivity contribution in [2.75, 3.05) is 33.4 Å². The summed E-state index contributed by atoms with van der Waals surface area (Å²) in [5.74, 6) is 0.984.